The lowest BCUT2D eigenvalue weighted by molar-refractivity contribution is -0.119. The second-order valence-electron chi connectivity index (χ2n) is 5.55. The highest BCUT2D eigenvalue weighted by Gasteiger charge is 2.23. The molecule has 1 atom stereocenters. The van der Waals surface area contributed by atoms with Crippen LogP contribution in [0.4, 0.5) is 5.69 Å². The number of fused-ring (bicyclic) bond motifs is 1. The van der Waals surface area contributed by atoms with Gasteiger partial charge in [-0.2, -0.15) is 0 Å². The van der Waals surface area contributed by atoms with Gasteiger partial charge in [-0.15, -0.1) is 0 Å². The Balaban J connectivity index is 1.69. The third kappa shape index (κ3) is 3.51. The quantitative estimate of drug-likeness (QED) is 0.942. The van der Waals surface area contributed by atoms with Gasteiger partial charge in [0.1, 0.15) is 0 Å². The summed E-state index contributed by atoms with van der Waals surface area (Å²) in [7, 11) is 1.57. The Morgan fingerprint density at radius 2 is 2.17 bits per heavy atom. The second-order valence-corrected chi connectivity index (χ2v) is 5.55. The van der Waals surface area contributed by atoms with Crippen molar-refractivity contribution < 1.29 is 14.3 Å². The molecule has 0 unspecified atom stereocenters. The van der Waals surface area contributed by atoms with Crippen molar-refractivity contribution in [1.29, 1.82) is 0 Å². The van der Waals surface area contributed by atoms with Crippen LogP contribution in [0.25, 0.3) is 0 Å². The summed E-state index contributed by atoms with van der Waals surface area (Å²) in [6.45, 7) is 2.49. The van der Waals surface area contributed by atoms with E-state index in [0.29, 0.717) is 24.6 Å². The number of pyridine rings is 1. The number of benzene rings is 1. The molecule has 0 saturated heterocycles. The first-order valence-corrected chi connectivity index (χ1v) is 7.68. The van der Waals surface area contributed by atoms with Gasteiger partial charge in [-0.25, -0.2) is 4.98 Å². The van der Waals surface area contributed by atoms with Crippen molar-refractivity contribution in [1.82, 2.24) is 4.98 Å². The van der Waals surface area contributed by atoms with Gasteiger partial charge in [-0.3, -0.25) is 4.79 Å². The number of aromatic nitrogens is 1. The molecule has 0 spiro atoms. The van der Waals surface area contributed by atoms with Crippen molar-refractivity contribution in [3.05, 3.63) is 53.2 Å². The summed E-state index contributed by atoms with van der Waals surface area (Å²) < 4.78 is 10.9. The van der Waals surface area contributed by atoms with Gasteiger partial charge in [0.25, 0.3) is 0 Å². The van der Waals surface area contributed by atoms with Crippen LogP contribution in [0.2, 0.25) is 0 Å². The van der Waals surface area contributed by atoms with Crippen LogP contribution in [0, 0.1) is 6.92 Å². The molecule has 120 valence electrons. The first-order chi connectivity index (χ1) is 11.2. The fourth-order valence-corrected chi connectivity index (χ4v) is 2.80. The second kappa shape index (κ2) is 6.79. The van der Waals surface area contributed by atoms with Gasteiger partial charge in [-0.05, 0) is 30.5 Å². The van der Waals surface area contributed by atoms with Crippen LogP contribution in [-0.2, 0) is 16.0 Å². The van der Waals surface area contributed by atoms with Crippen molar-refractivity contribution in [2.75, 3.05) is 19.0 Å². The molecule has 0 saturated carbocycles. The SMILES string of the molecule is COc1ccc(NC(=O)C[C@H]2OCCc3ccccc32)c(C)n1. The molecule has 0 bridgehead atoms. The van der Waals surface area contributed by atoms with E-state index >= 15 is 0 Å². The van der Waals surface area contributed by atoms with E-state index in [1.165, 1.54) is 5.56 Å². The smallest absolute Gasteiger partial charge is 0.227 e. The Kier molecular flexibility index (Phi) is 4.57. The first-order valence-electron chi connectivity index (χ1n) is 7.68. The standard InChI is InChI=1S/C18H20N2O3/c1-12-15(7-8-18(19-12)22-2)20-17(21)11-16-14-6-4-3-5-13(14)9-10-23-16/h3-8,16H,9-11H2,1-2H3,(H,20,21)/t16-/m1/s1. The lowest BCUT2D eigenvalue weighted by atomic mass is 9.95. The Labute approximate surface area is 135 Å². The summed E-state index contributed by atoms with van der Waals surface area (Å²) in [6, 6.07) is 11.7. The van der Waals surface area contributed by atoms with Crippen molar-refractivity contribution in [3.8, 4) is 5.88 Å². The van der Waals surface area contributed by atoms with Crippen LogP contribution < -0.4 is 10.1 Å². The number of nitrogens with zero attached hydrogens (tertiary/aromatic N) is 1. The number of rotatable bonds is 4. The number of amides is 1. The Bertz CT molecular complexity index is 715. The van der Waals surface area contributed by atoms with Crippen LogP contribution in [-0.4, -0.2) is 24.6 Å². The van der Waals surface area contributed by atoms with Crippen LogP contribution >= 0.6 is 0 Å². The lowest BCUT2D eigenvalue weighted by Crippen LogP contribution is -2.22. The number of anilines is 1. The number of hydrogen-bond acceptors (Lipinski definition) is 4. The topological polar surface area (TPSA) is 60.5 Å². The molecular weight excluding hydrogens is 292 g/mol. The number of aryl methyl sites for hydroxylation is 1. The maximum Gasteiger partial charge on any atom is 0.227 e. The van der Waals surface area contributed by atoms with Crippen LogP contribution in [0.1, 0.15) is 29.3 Å². The molecule has 3 rings (SSSR count). The monoisotopic (exact) mass is 312 g/mol. The molecule has 1 aromatic carbocycles. The maximum atomic E-state index is 12.3. The fourth-order valence-electron chi connectivity index (χ4n) is 2.80. The minimum Gasteiger partial charge on any atom is -0.481 e. The molecular formula is C18H20N2O3. The zero-order valence-electron chi connectivity index (χ0n) is 13.3. The summed E-state index contributed by atoms with van der Waals surface area (Å²) in [4.78, 5) is 16.6. The minimum absolute atomic E-state index is 0.0817. The average Bonchev–Trinajstić information content (AvgIpc) is 2.57. The summed E-state index contributed by atoms with van der Waals surface area (Å²) in [5, 5.41) is 2.90. The molecule has 2 heterocycles. The third-order valence-corrected chi connectivity index (χ3v) is 4.01. The number of carbonyl (C=O) groups excluding carboxylic acids is 1. The molecule has 23 heavy (non-hydrogen) atoms. The van der Waals surface area contributed by atoms with Crippen molar-refractivity contribution in [2.45, 2.75) is 25.9 Å². The first kappa shape index (κ1) is 15.5. The summed E-state index contributed by atoms with van der Waals surface area (Å²) in [6.07, 6.45) is 1.00. The van der Waals surface area contributed by atoms with Gasteiger partial charge in [-0.1, -0.05) is 24.3 Å². The fraction of sp³-hybridized carbons (Fsp3) is 0.333. The van der Waals surface area contributed by atoms with E-state index in [-0.39, 0.29) is 12.0 Å². The molecule has 5 heteroatoms. The number of hydrogen-bond donors (Lipinski definition) is 1. The van der Waals surface area contributed by atoms with Gasteiger partial charge in [0.2, 0.25) is 11.8 Å². The molecule has 5 nitrogen and oxygen atoms in total. The van der Waals surface area contributed by atoms with Crippen molar-refractivity contribution >= 4 is 11.6 Å². The molecule has 1 aliphatic rings. The highest BCUT2D eigenvalue weighted by molar-refractivity contribution is 5.91. The van der Waals surface area contributed by atoms with E-state index in [9.17, 15) is 4.79 Å². The molecule has 1 aliphatic heterocycles. The largest absolute Gasteiger partial charge is 0.481 e. The molecule has 1 N–H and O–H groups in total. The summed E-state index contributed by atoms with van der Waals surface area (Å²) in [5.74, 6) is 0.451. The van der Waals surface area contributed by atoms with Gasteiger partial charge < -0.3 is 14.8 Å². The van der Waals surface area contributed by atoms with E-state index in [1.807, 2.05) is 25.1 Å². The third-order valence-electron chi connectivity index (χ3n) is 4.01. The summed E-state index contributed by atoms with van der Waals surface area (Å²) in [5.41, 5.74) is 3.79. The number of ether oxygens (including phenoxy) is 2. The van der Waals surface area contributed by atoms with Gasteiger partial charge in [0, 0.05) is 6.07 Å². The van der Waals surface area contributed by atoms with Gasteiger partial charge >= 0.3 is 0 Å². The lowest BCUT2D eigenvalue weighted by Gasteiger charge is -2.25. The van der Waals surface area contributed by atoms with Crippen LogP contribution in [0.5, 0.6) is 5.88 Å². The Morgan fingerprint density at radius 3 is 2.96 bits per heavy atom. The Hall–Kier alpha value is -2.40. The molecule has 0 aliphatic carbocycles. The highest BCUT2D eigenvalue weighted by atomic mass is 16.5. The van der Waals surface area contributed by atoms with Crippen molar-refractivity contribution in [3.63, 3.8) is 0 Å². The Morgan fingerprint density at radius 1 is 1.35 bits per heavy atom. The summed E-state index contributed by atoms with van der Waals surface area (Å²) >= 11 is 0. The van der Waals surface area contributed by atoms with Crippen LogP contribution in [0.3, 0.4) is 0 Å². The predicted octanol–water partition coefficient (Wildman–Crippen LogP) is 3.04. The number of nitrogens with one attached hydrogen (secondary N) is 1. The zero-order valence-corrected chi connectivity index (χ0v) is 13.3. The molecule has 2 aromatic rings. The molecule has 1 amide bonds. The van der Waals surface area contributed by atoms with E-state index in [0.717, 1.165) is 17.7 Å². The molecule has 0 fully saturated rings. The zero-order chi connectivity index (χ0) is 16.2. The van der Waals surface area contributed by atoms with E-state index < -0.39 is 0 Å². The van der Waals surface area contributed by atoms with Gasteiger partial charge in [0.15, 0.2) is 0 Å². The average molecular weight is 312 g/mol. The minimum atomic E-state index is -0.188. The van der Waals surface area contributed by atoms with E-state index in [2.05, 4.69) is 16.4 Å². The van der Waals surface area contributed by atoms with Gasteiger partial charge in [0.05, 0.1) is 37.6 Å². The van der Waals surface area contributed by atoms with E-state index in [4.69, 9.17) is 9.47 Å². The van der Waals surface area contributed by atoms with Crippen LogP contribution in [0.15, 0.2) is 36.4 Å². The number of carbonyl (C=O) groups is 1. The highest BCUT2D eigenvalue weighted by Crippen LogP contribution is 2.30. The predicted molar refractivity (Wildman–Crippen MR) is 87.6 cm³/mol. The van der Waals surface area contributed by atoms with Crippen molar-refractivity contribution in [2.24, 2.45) is 0 Å². The van der Waals surface area contributed by atoms with E-state index in [1.54, 1.807) is 19.2 Å². The molecule has 0 radical (unpaired) electrons. The number of methoxy groups -OCH3 is 1. The molecule has 1 aromatic heterocycles. The normalized spacial score (nSPS) is 16.5. The maximum absolute atomic E-state index is 12.3.